The van der Waals surface area contributed by atoms with Crippen molar-refractivity contribution in [2.24, 2.45) is 0 Å². The Morgan fingerprint density at radius 3 is 2.29 bits per heavy atom. The molecule has 0 spiro atoms. The highest BCUT2D eigenvalue weighted by molar-refractivity contribution is 6.30. The molecule has 0 aliphatic heterocycles. The maximum absolute atomic E-state index is 13.8. The summed E-state index contributed by atoms with van der Waals surface area (Å²) in [6, 6.07) is 12.4. The first-order valence-corrected chi connectivity index (χ1v) is 7.31. The predicted molar refractivity (Wildman–Crippen MR) is 85.7 cm³/mol. The van der Waals surface area contributed by atoms with Gasteiger partial charge in [0.25, 0.3) is 0 Å². The highest BCUT2D eigenvalue weighted by Crippen LogP contribution is 2.25. The van der Waals surface area contributed by atoms with Crippen molar-refractivity contribution >= 4 is 17.3 Å². The van der Waals surface area contributed by atoms with E-state index in [1.807, 2.05) is 45.0 Å². The zero-order valence-electron chi connectivity index (χ0n) is 12.4. The van der Waals surface area contributed by atoms with Crippen LogP contribution < -0.4 is 10.1 Å². The van der Waals surface area contributed by atoms with Crippen molar-refractivity contribution in [2.75, 3.05) is 5.32 Å². The Hall–Kier alpha value is -1.74. The second-order valence-electron chi connectivity index (χ2n) is 5.23. The molecule has 0 saturated heterocycles. The molecule has 1 atom stereocenters. The van der Waals surface area contributed by atoms with Gasteiger partial charge in [-0.1, -0.05) is 23.7 Å². The Labute approximate surface area is 129 Å². The van der Waals surface area contributed by atoms with Gasteiger partial charge in [0.15, 0.2) is 0 Å². The third-order valence-corrected chi connectivity index (χ3v) is 3.29. The van der Waals surface area contributed by atoms with E-state index in [0.717, 1.165) is 11.3 Å². The van der Waals surface area contributed by atoms with Crippen molar-refractivity contribution in [3.63, 3.8) is 0 Å². The SMILES string of the molecule is CC(C)Oc1ccc(C(C)Nc2ccc(Cl)cc2F)cc1. The van der Waals surface area contributed by atoms with Gasteiger partial charge in [-0.3, -0.25) is 0 Å². The van der Waals surface area contributed by atoms with Crippen molar-refractivity contribution in [3.8, 4) is 5.75 Å². The lowest BCUT2D eigenvalue weighted by Crippen LogP contribution is -2.09. The molecule has 4 heteroatoms. The topological polar surface area (TPSA) is 21.3 Å². The second kappa shape index (κ2) is 6.81. The minimum Gasteiger partial charge on any atom is -0.491 e. The van der Waals surface area contributed by atoms with Crippen LogP contribution in [0.4, 0.5) is 10.1 Å². The fourth-order valence-electron chi connectivity index (χ4n) is 2.03. The normalized spacial score (nSPS) is 12.3. The molecule has 0 aromatic heterocycles. The van der Waals surface area contributed by atoms with Crippen LogP contribution in [0.15, 0.2) is 42.5 Å². The van der Waals surface area contributed by atoms with Gasteiger partial charge in [-0.2, -0.15) is 0 Å². The Bertz CT molecular complexity index is 598. The molecule has 2 aromatic carbocycles. The molecule has 2 nitrogen and oxygen atoms in total. The molecular formula is C17H19ClFNO. The third-order valence-electron chi connectivity index (χ3n) is 3.06. The number of ether oxygens (including phenoxy) is 1. The van der Waals surface area contributed by atoms with Gasteiger partial charge in [-0.15, -0.1) is 0 Å². The molecule has 1 unspecified atom stereocenters. The summed E-state index contributed by atoms with van der Waals surface area (Å²) in [4.78, 5) is 0. The average Bonchev–Trinajstić information content (AvgIpc) is 2.42. The Morgan fingerprint density at radius 2 is 1.71 bits per heavy atom. The van der Waals surface area contributed by atoms with Crippen molar-refractivity contribution < 1.29 is 9.13 Å². The number of hydrogen-bond acceptors (Lipinski definition) is 2. The van der Waals surface area contributed by atoms with Crippen LogP contribution in [0.1, 0.15) is 32.4 Å². The molecule has 0 aliphatic carbocycles. The first kappa shape index (κ1) is 15.6. The lowest BCUT2D eigenvalue weighted by Gasteiger charge is -2.17. The van der Waals surface area contributed by atoms with E-state index in [0.29, 0.717) is 10.7 Å². The molecule has 2 rings (SSSR count). The zero-order valence-corrected chi connectivity index (χ0v) is 13.1. The van der Waals surface area contributed by atoms with Crippen LogP contribution in [0.5, 0.6) is 5.75 Å². The molecule has 0 saturated carbocycles. The van der Waals surface area contributed by atoms with Crippen molar-refractivity contribution in [3.05, 3.63) is 58.9 Å². The monoisotopic (exact) mass is 307 g/mol. The van der Waals surface area contributed by atoms with Crippen LogP contribution in [0.3, 0.4) is 0 Å². The lowest BCUT2D eigenvalue weighted by molar-refractivity contribution is 0.242. The number of anilines is 1. The van der Waals surface area contributed by atoms with E-state index in [1.165, 1.54) is 6.07 Å². The molecule has 0 amide bonds. The summed E-state index contributed by atoms with van der Waals surface area (Å²) >= 11 is 5.75. The summed E-state index contributed by atoms with van der Waals surface area (Å²) in [7, 11) is 0. The van der Waals surface area contributed by atoms with Gasteiger partial charge < -0.3 is 10.1 Å². The lowest BCUT2D eigenvalue weighted by atomic mass is 10.1. The van der Waals surface area contributed by atoms with Crippen molar-refractivity contribution in [2.45, 2.75) is 32.9 Å². The molecule has 0 heterocycles. The van der Waals surface area contributed by atoms with Crippen LogP contribution >= 0.6 is 11.6 Å². The fourth-order valence-corrected chi connectivity index (χ4v) is 2.19. The maximum Gasteiger partial charge on any atom is 0.147 e. The van der Waals surface area contributed by atoms with Gasteiger partial charge in [-0.25, -0.2) is 4.39 Å². The summed E-state index contributed by atoms with van der Waals surface area (Å²) in [5.41, 5.74) is 1.50. The van der Waals surface area contributed by atoms with Gasteiger partial charge in [0, 0.05) is 11.1 Å². The van der Waals surface area contributed by atoms with E-state index in [1.54, 1.807) is 12.1 Å². The van der Waals surface area contributed by atoms with Crippen LogP contribution in [-0.2, 0) is 0 Å². The summed E-state index contributed by atoms with van der Waals surface area (Å²) in [6.07, 6.45) is 0.148. The van der Waals surface area contributed by atoms with Crippen LogP contribution in [0, 0.1) is 5.82 Å². The Balaban J connectivity index is 2.07. The van der Waals surface area contributed by atoms with E-state index in [2.05, 4.69) is 5.32 Å². The Morgan fingerprint density at radius 1 is 1.05 bits per heavy atom. The first-order valence-electron chi connectivity index (χ1n) is 6.94. The number of halogens is 2. The summed E-state index contributed by atoms with van der Waals surface area (Å²) in [5.74, 6) is 0.479. The average molecular weight is 308 g/mol. The van der Waals surface area contributed by atoms with Crippen LogP contribution in [0.2, 0.25) is 5.02 Å². The highest BCUT2D eigenvalue weighted by Gasteiger charge is 2.09. The van der Waals surface area contributed by atoms with E-state index in [-0.39, 0.29) is 18.0 Å². The van der Waals surface area contributed by atoms with Gasteiger partial charge in [0.1, 0.15) is 11.6 Å². The van der Waals surface area contributed by atoms with E-state index in [9.17, 15) is 4.39 Å². The molecule has 1 N–H and O–H groups in total. The number of nitrogens with one attached hydrogen (secondary N) is 1. The fraction of sp³-hybridized carbons (Fsp3) is 0.294. The van der Waals surface area contributed by atoms with Gasteiger partial charge in [-0.05, 0) is 56.7 Å². The van der Waals surface area contributed by atoms with Crippen LogP contribution in [-0.4, -0.2) is 6.10 Å². The molecule has 0 radical (unpaired) electrons. The molecule has 112 valence electrons. The first-order chi connectivity index (χ1) is 9.95. The van der Waals surface area contributed by atoms with Crippen molar-refractivity contribution in [1.29, 1.82) is 0 Å². The molecule has 0 aliphatic rings. The van der Waals surface area contributed by atoms with Gasteiger partial charge >= 0.3 is 0 Å². The number of rotatable bonds is 5. The second-order valence-corrected chi connectivity index (χ2v) is 5.66. The van der Waals surface area contributed by atoms with E-state index >= 15 is 0 Å². The maximum atomic E-state index is 13.8. The number of hydrogen-bond donors (Lipinski definition) is 1. The van der Waals surface area contributed by atoms with Crippen molar-refractivity contribution in [1.82, 2.24) is 0 Å². The molecular weight excluding hydrogens is 289 g/mol. The van der Waals surface area contributed by atoms with E-state index < -0.39 is 0 Å². The largest absolute Gasteiger partial charge is 0.491 e. The van der Waals surface area contributed by atoms with Gasteiger partial charge in [0.05, 0.1) is 11.8 Å². The smallest absolute Gasteiger partial charge is 0.147 e. The minimum absolute atomic E-state index is 0.0197. The minimum atomic E-state index is -0.353. The molecule has 2 aromatic rings. The third kappa shape index (κ3) is 4.36. The zero-order chi connectivity index (χ0) is 15.4. The Kier molecular flexibility index (Phi) is 5.07. The number of benzene rings is 2. The van der Waals surface area contributed by atoms with E-state index in [4.69, 9.17) is 16.3 Å². The van der Waals surface area contributed by atoms with Crippen LogP contribution in [0.25, 0.3) is 0 Å². The molecule has 0 fully saturated rings. The van der Waals surface area contributed by atoms with Gasteiger partial charge in [0.2, 0.25) is 0 Å². The highest BCUT2D eigenvalue weighted by atomic mass is 35.5. The quantitative estimate of drug-likeness (QED) is 0.794. The summed E-state index contributed by atoms with van der Waals surface area (Å²) < 4.78 is 19.4. The predicted octanol–water partition coefficient (Wildman–Crippen LogP) is 5.44. The summed E-state index contributed by atoms with van der Waals surface area (Å²) in [6.45, 7) is 5.95. The summed E-state index contributed by atoms with van der Waals surface area (Å²) in [5, 5.41) is 3.53. The molecule has 0 bridgehead atoms. The standard InChI is InChI=1S/C17H19ClFNO/c1-11(2)21-15-7-4-13(5-8-15)12(3)20-17-9-6-14(18)10-16(17)19/h4-12,20H,1-3H3. The molecule has 21 heavy (non-hydrogen) atoms.